The predicted octanol–water partition coefficient (Wildman–Crippen LogP) is 4.84. The lowest BCUT2D eigenvalue weighted by Gasteiger charge is -2.47. The minimum atomic E-state index is -4.44. The maximum absolute atomic E-state index is 13.7. The highest BCUT2D eigenvalue weighted by Gasteiger charge is 2.76. The van der Waals surface area contributed by atoms with E-state index in [1.54, 1.807) is 12.4 Å². The summed E-state index contributed by atoms with van der Waals surface area (Å²) in [6, 6.07) is 13.4. The number of hydrogen-bond donors (Lipinski definition) is 0. The largest absolute Gasteiger partial charge is 0.472 e. The Hall–Kier alpha value is -3.42. The second-order valence-electron chi connectivity index (χ2n) is 9.06. The quantitative estimate of drug-likeness (QED) is 0.570. The Morgan fingerprint density at radius 1 is 1.06 bits per heavy atom. The van der Waals surface area contributed by atoms with E-state index in [1.165, 1.54) is 6.07 Å². The van der Waals surface area contributed by atoms with E-state index in [2.05, 4.69) is 9.97 Å². The number of carbonyl (C=O) groups excluding carboxylic acids is 1. The molecular formula is C25H20F3N3O2. The summed E-state index contributed by atoms with van der Waals surface area (Å²) in [5.74, 6) is 0.559. The van der Waals surface area contributed by atoms with E-state index >= 15 is 0 Å². The van der Waals surface area contributed by atoms with Gasteiger partial charge in [-0.05, 0) is 54.2 Å². The molecule has 1 aliphatic heterocycles. The van der Waals surface area contributed by atoms with Crippen molar-refractivity contribution in [3.63, 3.8) is 0 Å². The molecule has 3 heterocycles. The van der Waals surface area contributed by atoms with Crippen LogP contribution in [0.25, 0.3) is 11.1 Å². The number of nitrogens with zero attached hydrogens (tertiary/aromatic N) is 3. The summed E-state index contributed by atoms with van der Waals surface area (Å²) < 4.78 is 44.4. The van der Waals surface area contributed by atoms with Crippen molar-refractivity contribution in [1.29, 1.82) is 0 Å². The molecule has 6 rings (SSSR count). The summed E-state index contributed by atoms with van der Waals surface area (Å²) in [5, 5.41) is 0. The molecule has 1 spiro atoms. The summed E-state index contributed by atoms with van der Waals surface area (Å²) in [4.78, 5) is 23.5. The number of ether oxygens (including phenoxy) is 1. The second-order valence-corrected chi connectivity index (χ2v) is 9.06. The molecule has 4 unspecified atom stereocenters. The van der Waals surface area contributed by atoms with Crippen molar-refractivity contribution in [3.05, 3.63) is 78.2 Å². The molecule has 5 nitrogen and oxygen atoms in total. The van der Waals surface area contributed by atoms with Crippen LogP contribution in [-0.4, -0.2) is 39.5 Å². The van der Waals surface area contributed by atoms with Crippen molar-refractivity contribution in [1.82, 2.24) is 14.9 Å². The van der Waals surface area contributed by atoms with Crippen LogP contribution in [0, 0.1) is 11.3 Å². The Bertz CT molecular complexity index is 1220. The summed E-state index contributed by atoms with van der Waals surface area (Å²) in [6.07, 6.45) is 1.32. The van der Waals surface area contributed by atoms with Gasteiger partial charge in [0, 0.05) is 42.2 Å². The van der Waals surface area contributed by atoms with E-state index in [9.17, 15) is 18.0 Å². The molecule has 0 radical (unpaired) electrons. The SMILES string of the molecule is O=C(c1ccccc1-c1ccncc1)N1CC2CC23CC(Oc2ccc(C(F)(F)F)cn2)C13. The van der Waals surface area contributed by atoms with Crippen molar-refractivity contribution in [2.75, 3.05) is 6.54 Å². The molecular weight excluding hydrogens is 431 g/mol. The maximum Gasteiger partial charge on any atom is 0.417 e. The number of alkyl halides is 3. The molecule has 168 valence electrons. The van der Waals surface area contributed by atoms with Crippen molar-refractivity contribution in [2.45, 2.75) is 31.2 Å². The van der Waals surface area contributed by atoms with Crippen LogP contribution in [0.2, 0.25) is 0 Å². The summed E-state index contributed by atoms with van der Waals surface area (Å²) in [5.41, 5.74) is 1.66. The number of likely N-dealkylation sites (tertiary alicyclic amines) is 1. The number of rotatable bonds is 4. The molecule has 1 amide bonds. The standard InChI is InChI=1S/C25H20F3N3O2/c26-25(27,28)16-5-6-21(30-13-16)33-20-12-24-11-17(24)14-31(22(20)24)23(32)19-4-2-1-3-18(19)15-7-9-29-10-8-15/h1-10,13,17,20,22H,11-12,14H2. The van der Waals surface area contributed by atoms with Gasteiger partial charge in [0.1, 0.15) is 6.10 Å². The van der Waals surface area contributed by atoms with Crippen LogP contribution in [0.3, 0.4) is 0 Å². The van der Waals surface area contributed by atoms with Crippen molar-refractivity contribution < 1.29 is 22.7 Å². The lowest BCUT2D eigenvalue weighted by Crippen LogP contribution is -2.59. The van der Waals surface area contributed by atoms with E-state index in [1.807, 2.05) is 41.3 Å². The first kappa shape index (κ1) is 20.2. The molecule has 2 aromatic heterocycles. The number of carbonyl (C=O) groups is 1. The monoisotopic (exact) mass is 451 g/mol. The fourth-order valence-electron chi connectivity index (χ4n) is 5.63. The number of benzene rings is 1. The molecule has 0 bridgehead atoms. The molecule has 33 heavy (non-hydrogen) atoms. The fraction of sp³-hybridized carbons (Fsp3) is 0.320. The highest BCUT2D eigenvalue weighted by atomic mass is 19.4. The molecule has 2 aliphatic carbocycles. The van der Waals surface area contributed by atoms with Crippen LogP contribution >= 0.6 is 0 Å². The van der Waals surface area contributed by atoms with Gasteiger partial charge < -0.3 is 9.64 Å². The number of amides is 1. The summed E-state index contributed by atoms with van der Waals surface area (Å²) in [6.45, 7) is 0.675. The highest BCUT2D eigenvalue weighted by Crippen LogP contribution is 2.71. The first-order valence-corrected chi connectivity index (χ1v) is 10.9. The van der Waals surface area contributed by atoms with Crippen LogP contribution in [0.15, 0.2) is 67.1 Å². The van der Waals surface area contributed by atoms with Gasteiger partial charge in [-0.2, -0.15) is 13.2 Å². The smallest absolute Gasteiger partial charge is 0.417 e. The van der Waals surface area contributed by atoms with Gasteiger partial charge in [-0.15, -0.1) is 0 Å². The molecule has 3 fully saturated rings. The third-order valence-electron chi connectivity index (χ3n) is 7.30. The van der Waals surface area contributed by atoms with Gasteiger partial charge in [0.05, 0.1) is 11.6 Å². The molecule has 1 aromatic carbocycles. The highest BCUT2D eigenvalue weighted by molar-refractivity contribution is 6.01. The van der Waals surface area contributed by atoms with E-state index in [0.29, 0.717) is 18.0 Å². The lowest BCUT2D eigenvalue weighted by atomic mass is 9.73. The van der Waals surface area contributed by atoms with Gasteiger partial charge >= 0.3 is 6.18 Å². The van der Waals surface area contributed by atoms with Gasteiger partial charge in [0.2, 0.25) is 5.88 Å². The zero-order valence-corrected chi connectivity index (χ0v) is 17.5. The zero-order chi connectivity index (χ0) is 22.8. The third kappa shape index (κ3) is 3.19. The fourth-order valence-corrected chi connectivity index (χ4v) is 5.63. The van der Waals surface area contributed by atoms with Gasteiger partial charge in [0.15, 0.2) is 0 Å². The minimum absolute atomic E-state index is 0.0485. The molecule has 0 N–H and O–H groups in total. The van der Waals surface area contributed by atoms with Gasteiger partial charge in [-0.1, -0.05) is 18.2 Å². The summed E-state index contributed by atoms with van der Waals surface area (Å²) in [7, 11) is 0. The maximum atomic E-state index is 13.7. The predicted molar refractivity (Wildman–Crippen MR) is 113 cm³/mol. The van der Waals surface area contributed by atoms with Gasteiger partial charge in [-0.25, -0.2) is 4.98 Å². The van der Waals surface area contributed by atoms with E-state index in [-0.39, 0.29) is 29.3 Å². The van der Waals surface area contributed by atoms with Crippen molar-refractivity contribution in [2.24, 2.45) is 11.3 Å². The molecule has 4 atom stereocenters. The van der Waals surface area contributed by atoms with Crippen molar-refractivity contribution in [3.8, 4) is 17.0 Å². The van der Waals surface area contributed by atoms with E-state index in [0.717, 1.165) is 36.2 Å². The van der Waals surface area contributed by atoms with Gasteiger partial charge in [0.25, 0.3) is 5.91 Å². The van der Waals surface area contributed by atoms with Crippen LogP contribution in [0.4, 0.5) is 13.2 Å². The topological polar surface area (TPSA) is 55.3 Å². The van der Waals surface area contributed by atoms with Crippen LogP contribution < -0.4 is 4.74 Å². The zero-order valence-electron chi connectivity index (χ0n) is 17.5. The Kier molecular flexibility index (Phi) is 4.31. The Balaban J connectivity index is 1.25. The average Bonchev–Trinajstić information content (AvgIpc) is 3.47. The number of halogens is 3. The third-order valence-corrected chi connectivity index (χ3v) is 7.30. The number of hydrogen-bond acceptors (Lipinski definition) is 4. The Labute approximate surface area is 188 Å². The number of pyridine rings is 2. The first-order valence-electron chi connectivity index (χ1n) is 10.9. The van der Waals surface area contributed by atoms with E-state index < -0.39 is 11.7 Å². The Morgan fingerprint density at radius 2 is 1.85 bits per heavy atom. The minimum Gasteiger partial charge on any atom is -0.472 e. The molecule has 3 aliphatic rings. The van der Waals surface area contributed by atoms with Crippen LogP contribution in [0.1, 0.15) is 28.8 Å². The molecule has 8 heteroatoms. The average molecular weight is 451 g/mol. The van der Waals surface area contributed by atoms with Crippen LogP contribution in [-0.2, 0) is 6.18 Å². The molecule has 1 saturated heterocycles. The molecule has 2 saturated carbocycles. The summed E-state index contributed by atoms with van der Waals surface area (Å²) >= 11 is 0. The van der Waals surface area contributed by atoms with E-state index in [4.69, 9.17) is 4.74 Å². The molecule has 3 aromatic rings. The van der Waals surface area contributed by atoms with Crippen LogP contribution in [0.5, 0.6) is 5.88 Å². The van der Waals surface area contributed by atoms with Gasteiger partial charge in [-0.3, -0.25) is 9.78 Å². The van der Waals surface area contributed by atoms with Crippen molar-refractivity contribution >= 4 is 5.91 Å². The number of aromatic nitrogens is 2. The Morgan fingerprint density at radius 3 is 2.58 bits per heavy atom. The number of piperidine rings is 1. The lowest BCUT2D eigenvalue weighted by molar-refractivity contribution is -0.137. The normalized spacial score (nSPS) is 27.4. The first-order chi connectivity index (χ1) is 15.9. The second kappa shape index (κ2) is 7.04.